The zero-order chi connectivity index (χ0) is 19.6. The molecule has 0 saturated heterocycles. The number of halogens is 2. The second kappa shape index (κ2) is 9.82. The van der Waals surface area contributed by atoms with E-state index >= 15 is 0 Å². The monoisotopic (exact) mass is 563 g/mol. The van der Waals surface area contributed by atoms with Crippen LogP contribution in [-0.4, -0.2) is 35.6 Å². The molecule has 1 aliphatic heterocycles. The van der Waals surface area contributed by atoms with E-state index in [1.807, 2.05) is 23.9 Å². The summed E-state index contributed by atoms with van der Waals surface area (Å²) in [6.07, 6.45) is 0.891. The molecule has 1 aliphatic rings. The third-order valence-electron chi connectivity index (χ3n) is 4.72. The summed E-state index contributed by atoms with van der Waals surface area (Å²) >= 11 is 3.53. The van der Waals surface area contributed by atoms with E-state index in [1.54, 1.807) is 7.05 Å². The molecule has 154 valence electrons. The molecule has 0 spiro atoms. The number of hydrogen-bond donors (Lipinski definition) is 2. The van der Waals surface area contributed by atoms with Crippen molar-refractivity contribution in [2.75, 3.05) is 13.8 Å². The summed E-state index contributed by atoms with van der Waals surface area (Å²) in [5.41, 5.74) is 4.65. The van der Waals surface area contributed by atoms with E-state index < -0.39 is 0 Å². The Morgan fingerprint density at radius 1 is 1.36 bits per heavy atom. The molecule has 2 heterocycles. The van der Waals surface area contributed by atoms with Gasteiger partial charge in [-0.15, -0.1) is 24.0 Å². The molecule has 2 aromatic rings. The Hall–Kier alpha value is -1.49. The van der Waals surface area contributed by atoms with Crippen molar-refractivity contribution in [1.29, 1.82) is 0 Å². The second-order valence-electron chi connectivity index (χ2n) is 6.76. The van der Waals surface area contributed by atoms with Crippen molar-refractivity contribution in [2.45, 2.75) is 39.8 Å². The molecule has 0 fully saturated rings. The maximum Gasteiger partial charge on any atom is 0.231 e. The van der Waals surface area contributed by atoms with Crippen LogP contribution in [0.15, 0.2) is 21.6 Å². The number of guanidine groups is 1. The van der Waals surface area contributed by atoms with E-state index in [1.165, 1.54) is 11.3 Å². The maximum atomic E-state index is 5.47. The van der Waals surface area contributed by atoms with Crippen LogP contribution in [0.2, 0.25) is 0 Å². The molecule has 1 aromatic carbocycles. The molecule has 9 heteroatoms. The van der Waals surface area contributed by atoms with Crippen LogP contribution in [0.5, 0.6) is 11.5 Å². The zero-order valence-electron chi connectivity index (χ0n) is 16.8. The summed E-state index contributed by atoms with van der Waals surface area (Å²) in [7, 11) is 3.76. The molecule has 3 rings (SSSR count). The van der Waals surface area contributed by atoms with Crippen LogP contribution in [0.4, 0.5) is 0 Å². The molecule has 0 radical (unpaired) electrons. The quantitative estimate of drug-likeness (QED) is 0.331. The number of rotatable bonds is 5. The number of benzene rings is 1. The molecule has 7 nitrogen and oxygen atoms in total. The Labute approximate surface area is 191 Å². The first kappa shape index (κ1) is 22.8. The fourth-order valence-electron chi connectivity index (χ4n) is 3.21. The van der Waals surface area contributed by atoms with Crippen LogP contribution in [0.1, 0.15) is 29.4 Å². The summed E-state index contributed by atoms with van der Waals surface area (Å²) in [6.45, 7) is 7.20. The predicted molar refractivity (Wildman–Crippen MR) is 125 cm³/mol. The Morgan fingerprint density at radius 2 is 2.11 bits per heavy atom. The molecule has 28 heavy (non-hydrogen) atoms. The predicted octanol–water partition coefficient (Wildman–Crippen LogP) is 3.44. The van der Waals surface area contributed by atoms with Crippen LogP contribution in [0, 0.1) is 13.8 Å². The summed E-state index contributed by atoms with van der Waals surface area (Å²) in [5.74, 6) is 2.28. The fourth-order valence-corrected chi connectivity index (χ4v) is 3.81. The van der Waals surface area contributed by atoms with Gasteiger partial charge in [0, 0.05) is 32.4 Å². The normalized spacial score (nSPS) is 13.9. The summed E-state index contributed by atoms with van der Waals surface area (Å²) < 4.78 is 13.7. The van der Waals surface area contributed by atoms with Crippen molar-refractivity contribution in [2.24, 2.45) is 12.0 Å². The molecule has 1 atom stereocenters. The number of ether oxygens (including phenoxy) is 2. The smallest absolute Gasteiger partial charge is 0.231 e. The van der Waals surface area contributed by atoms with Crippen LogP contribution in [0.3, 0.4) is 0 Å². The summed E-state index contributed by atoms with van der Waals surface area (Å²) in [6, 6.07) is 4.24. The lowest BCUT2D eigenvalue weighted by Gasteiger charge is -2.18. The van der Waals surface area contributed by atoms with Crippen molar-refractivity contribution in [3.63, 3.8) is 0 Å². The van der Waals surface area contributed by atoms with E-state index in [4.69, 9.17) is 9.47 Å². The largest absolute Gasteiger partial charge is 0.454 e. The van der Waals surface area contributed by atoms with Crippen LogP contribution in [-0.2, 0) is 20.0 Å². The van der Waals surface area contributed by atoms with Crippen molar-refractivity contribution < 1.29 is 9.47 Å². The first-order valence-corrected chi connectivity index (χ1v) is 9.72. The summed E-state index contributed by atoms with van der Waals surface area (Å²) in [5, 5.41) is 11.3. The van der Waals surface area contributed by atoms with Crippen LogP contribution in [0.25, 0.3) is 0 Å². The molecule has 2 N–H and O–H groups in total. The Kier molecular flexibility index (Phi) is 7.99. The molecule has 1 aromatic heterocycles. The minimum atomic E-state index is 0. The average molecular weight is 564 g/mol. The Bertz CT molecular complexity index is 868. The average Bonchev–Trinajstić information content (AvgIpc) is 3.19. The standard InChI is InChI=1S/C19H26BrN5O2.HI/c1-11(6-15-12(2)24-25(5)13(15)3)23-19(21-4)22-9-14-7-16(20)18-17(8-14)26-10-27-18;/h7-8,11H,6,9-10H2,1-5H3,(H2,21,22,23);1H. The zero-order valence-corrected chi connectivity index (χ0v) is 20.7. The number of nitrogens with one attached hydrogen (secondary N) is 2. The highest BCUT2D eigenvalue weighted by Gasteiger charge is 2.18. The third-order valence-corrected chi connectivity index (χ3v) is 5.31. The van der Waals surface area contributed by atoms with Crippen LogP contribution >= 0.6 is 39.9 Å². The topological polar surface area (TPSA) is 72.7 Å². The van der Waals surface area contributed by atoms with Gasteiger partial charge in [0.15, 0.2) is 17.5 Å². The lowest BCUT2D eigenvalue weighted by molar-refractivity contribution is 0.173. The maximum absolute atomic E-state index is 5.47. The molecule has 0 saturated carbocycles. The van der Waals surface area contributed by atoms with Gasteiger partial charge in [-0.3, -0.25) is 9.67 Å². The van der Waals surface area contributed by atoms with Crippen molar-refractivity contribution in [3.05, 3.63) is 39.1 Å². The van der Waals surface area contributed by atoms with Gasteiger partial charge in [0.2, 0.25) is 6.79 Å². The molecular formula is C19H27BrIN5O2. The van der Waals surface area contributed by atoms with E-state index in [9.17, 15) is 0 Å². The van der Waals surface area contributed by atoms with Crippen molar-refractivity contribution in [3.8, 4) is 11.5 Å². The van der Waals surface area contributed by atoms with E-state index in [0.717, 1.165) is 39.6 Å². The number of nitrogens with zero attached hydrogens (tertiary/aromatic N) is 3. The van der Waals surface area contributed by atoms with Gasteiger partial charge in [-0.1, -0.05) is 0 Å². The number of hydrogen-bond acceptors (Lipinski definition) is 4. The highest BCUT2D eigenvalue weighted by Crippen LogP contribution is 2.39. The molecule has 1 unspecified atom stereocenters. The van der Waals surface area contributed by atoms with Gasteiger partial charge in [0.25, 0.3) is 0 Å². The first-order chi connectivity index (χ1) is 12.9. The van der Waals surface area contributed by atoms with Gasteiger partial charge in [0.1, 0.15) is 0 Å². The third kappa shape index (κ3) is 5.11. The Balaban J connectivity index is 0.00000280. The van der Waals surface area contributed by atoms with E-state index in [-0.39, 0.29) is 36.8 Å². The minimum Gasteiger partial charge on any atom is -0.454 e. The van der Waals surface area contributed by atoms with Gasteiger partial charge in [-0.2, -0.15) is 5.10 Å². The summed E-state index contributed by atoms with van der Waals surface area (Å²) in [4.78, 5) is 4.34. The Morgan fingerprint density at radius 3 is 2.75 bits per heavy atom. The molecule has 0 bridgehead atoms. The van der Waals surface area contributed by atoms with Gasteiger partial charge < -0.3 is 20.1 Å². The molecule has 0 aliphatic carbocycles. The number of aliphatic imine (C=N–C) groups is 1. The molecular weight excluding hydrogens is 537 g/mol. The SMILES string of the molecule is CN=C(NCc1cc(Br)c2c(c1)OCO2)NC(C)Cc1c(C)nn(C)c1C.I. The van der Waals surface area contributed by atoms with Gasteiger partial charge >= 0.3 is 0 Å². The van der Waals surface area contributed by atoms with E-state index in [0.29, 0.717) is 6.54 Å². The lowest BCUT2D eigenvalue weighted by atomic mass is 10.1. The second-order valence-corrected chi connectivity index (χ2v) is 7.61. The lowest BCUT2D eigenvalue weighted by Crippen LogP contribution is -2.42. The minimum absolute atomic E-state index is 0. The molecule has 0 amide bonds. The van der Waals surface area contributed by atoms with Crippen LogP contribution < -0.4 is 20.1 Å². The van der Waals surface area contributed by atoms with Gasteiger partial charge in [-0.05, 0) is 66.4 Å². The highest BCUT2D eigenvalue weighted by atomic mass is 127. The number of aryl methyl sites for hydroxylation is 2. The van der Waals surface area contributed by atoms with Gasteiger partial charge in [-0.25, -0.2) is 0 Å². The van der Waals surface area contributed by atoms with Crippen molar-refractivity contribution in [1.82, 2.24) is 20.4 Å². The first-order valence-electron chi connectivity index (χ1n) is 8.93. The van der Waals surface area contributed by atoms with E-state index in [2.05, 4.69) is 57.4 Å². The fraction of sp³-hybridized carbons (Fsp3) is 0.474. The van der Waals surface area contributed by atoms with Gasteiger partial charge in [0.05, 0.1) is 10.2 Å². The highest BCUT2D eigenvalue weighted by molar-refractivity contribution is 14.0. The van der Waals surface area contributed by atoms with Crippen molar-refractivity contribution >= 4 is 45.9 Å². The number of fused-ring (bicyclic) bond motifs is 1. The number of aromatic nitrogens is 2.